The Morgan fingerprint density at radius 3 is 2.29 bits per heavy atom. The van der Waals surface area contributed by atoms with Crippen molar-refractivity contribution in [3.63, 3.8) is 0 Å². The first-order valence-electron chi connectivity index (χ1n) is 9.84. The molecule has 166 valence electrons. The van der Waals surface area contributed by atoms with Gasteiger partial charge in [-0.3, -0.25) is 9.59 Å². The van der Waals surface area contributed by atoms with E-state index >= 15 is 0 Å². The number of nitrogens with two attached hydrogens (primary N) is 1. The van der Waals surface area contributed by atoms with Gasteiger partial charge in [-0.2, -0.15) is 4.31 Å². The predicted octanol–water partition coefficient (Wildman–Crippen LogP) is 1.55. The first-order chi connectivity index (χ1) is 14.7. The molecule has 3 rings (SSSR count). The first-order valence-corrected chi connectivity index (χ1v) is 11.3. The number of hydrogen-bond acceptors (Lipinski definition) is 6. The number of nitrogens with one attached hydrogen (secondary N) is 2. The second-order valence-corrected chi connectivity index (χ2v) is 9.20. The molecule has 0 aliphatic carbocycles. The van der Waals surface area contributed by atoms with Gasteiger partial charge in [-0.15, -0.1) is 0 Å². The third-order valence-electron chi connectivity index (χ3n) is 4.99. The maximum absolute atomic E-state index is 13.0. The van der Waals surface area contributed by atoms with Crippen molar-refractivity contribution in [2.45, 2.75) is 24.8 Å². The minimum atomic E-state index is -3.66. The fourth-order valence-corrected chi connectivity index (χ4v) is 4.84. The standard InChI is InChI=1S/C21H26N4O5S/c1-14-3-6-18(13-19(14)31(28,29)25-9-11-30-12-10-25)23-15(2)21(27)24-17-7-4-16(5-8-17)20(22)26/h3-8,13,15,23H,9-12H2,1-2H3,(H2,22,26)(H,24,27)/t15-/m1/s1. The first kappa shape index (κ1) is 22.7. The fraction of sp³-hybridized carbons (Fsp3) is 0.333. The summed E-state index contributed by atoms with van der Waals surface area (Å²) >= 11 is 0. The summed E-state index contributed by atoms with van der Waals surface area (Å²) in [7, 11) is -3.66. The van der Waals surface area contributed by atoms with Crippen LogP contribution in [-0.2, 0) is 19.6 Å². The Balaban J connectivity index is 1.71. The number of benzene rings is 2. The maximum Gasteiger partial charge on any atom is 0.248 e. The number of anilines is 2. The van der Waals surface area contributed by atoms with Gasteiger partial charge in [0.1, 0.15) is 6.04 Å². The Bertz CT molecular complexity index is 1060. The van der Waals surface area contributed by atoms with Gasteiger partial charge >= 0.3 is 0 Å². The SMILES string of the molecule is Cc1ccc(N[C@H](C)C(=O)Nc2ccc(C(N)=O)cc2)cc1S(=O)(=O)N1CCOCC1. The van der Waals surface area contributed by atoms with Gasteiger partial charge in [0.25, 0.3) is 0 Å². The molecule has 31 heavy (non-hydrogen) atoms. The summed E-state index contributed by atoms with van der Waals surface area (Å²) < 4.78 is 32.7. The molecular weight excluding hydrogens is 420 g/mol. The van der Waals surface area contributed by atoms with Crippen LogP contribution < -0.4 is 16.4 Å². The molecule has 1 atom stereocenters. The molecule has 0 saturated carbocycles. The smallest absolute Gasteiger partial charge is 0.248 e. The highest BCUT2D eigenvalue weighted by molar-refractivity contribution is 7.89. The van der Waals surface area contributed by atoms with Crippen LogP contribution in [0.3, 0.4) is 0 Å². The molecule has 0 radical (unpaired) electrons. The predicted molar refractivity (Wildman–Crippen MR) is 117 cm³/mol. The molecule has 10 heteroatoms. The zero-order valence-corrected chi connectivity index (χ0v) is 18.2. The van der Waals surface area contributed by atoms with Gasteiger partial charge in [-0.1, -0.05) is 6.07 Å². The zero-order chi connectivity index (χ0) is 22.6. The van der Waals surface area contributed by atoms with Crippen LogP contribution in [0.4, 0.5) is 11.4 Å². The molecule has 1 saturated heterocycles. The van der Waals surface area contributed by atoms with Gasteiger partial charge < -0.3 is 21.1 Å². The van der Waals surface area contributed by atoms with Crippen LogP contribution in [0.15, 0.2) is 47.4 Å². The van der Waals surface area contributed by atoms with E-state index in [1.807, 2.05) is 0 Å². The van der Waals surface area contributed by atoms with E-state index < -0.39 is 22.0 Å². The second-order valence-electron chi connectivity index (χ2n) is 7.29. The summed E-state index contributed by atoms with van der Waals surface area (Å²) in [6.45, 7) is 4.77. The van der Waals surface area contributed by atoms with E-state index in [9.17, 15) is 18.0 Å². The largest absolute Gasteiger partial charge is 0.379 e. The van der Waals surface area contributed by atoms with Crippen LogP contribution in [-0.4, -0.2) is 56.9 Å². The van der Waals surface area contributed by atoms with Crippen LogP contribution in [0.2, 0.25) is 0 Å². The molecule has 0 spiro atoms. The summed E-state index contributed by atoms with van der Waals surface area (Å²) in [5.74, 6) is -0.861. The molecule has 0 aromatic heterocycles. The molecule has 2 aromatic carbocycles. The molecule has 1 heterocycles. The Hall–Kier alpha value is -2.95. The minimum absolute atomic E-state index is 0.203. The van der Waals surface area contributed by atoms with E-state index in [1.54, 1.807) is 44.2 Å². The second kappa shape index (κ2) is 9.46. The van der Waals surface area contributed by atoms with Gasteiger partial charge in [0.2, 0.25) is 21.8 Å². The highest BCUT2D eigenvalue weighted by atomic mass is 32.2. The summed E-state index contributed by atoms with van der Waals surface area (Å²) in [6, 6.07) is 10.6. The Morgan fingerprint density at radius 1 is 1.06 bits per heavy atom. The lowest BCUT2D eigenvalue weighted by Crippen LogP contribution is -2.40. The molecule has 1 aliphatic heterocycles. The van der Waals surface area contributed by atoms with E-state index in [2.05, 4.69) is 10.6 Å². The number of ether oxygens (including phenoxy) is 1. The normalized spacial score (nSPS) is 15.8. The van der Waals surface area contributed by atoms with Crippen LogP contribution in [0.5, 0.6) is 0 Å². The number of morpholine rings is 1. The number of sulfonamides is 1. The fourth-order valence-electron chi connectivity index (χ4n) is 3.18. The maximum atomic E-state index is 13.0. The van der Waals surface area contributed by atoms with Crippen molar-refractivity contribution >= 4 is 33.2 Å². The number of amides is 2. The van der Waals surface area contributed by atoms with E-state index in [0.29, 0.717) is 48.8 Å². The number of primary amides is 1. The molecular formula is C21H26N4O5S. The molecule has 1 fully saturated rings. The van der Waals surface area contributed by atoms with Crippen molar-refractivity contribution in [1.29, 1.82) is 0 Å². The van der Waals surface area contributed by atoms with E-state index in [1.165, 1.54) is 16.4 Å². The number of carbonyl (C=O) groups excluding carboxylic acids is 2. The summed E-state index contributed by atoms with van der Waals surface area (Å²) in [4.78, 5) is 23.9. The van der Waals surface area contributed by atoms with Crippen molar-refractivity contribution in [3.05, 3.63) is 53.6 Å². The number of aryl methyl sites for hydroxylation is 1. The van der Waals surface area contributed by atoms with Gasteiger partial charge in [-0.05, 0) is 55.8 Å². The van der Waals surface area contributed by atoms with Crippen molar-refractivity contribution in [2.24, 2.45) is 5.73 Å². The summed E-state index contributed by atoms with van der Waals surface area (Å²) in [6.07, 6.45) is 0. The zero-order valence-electron chi connectivity index (χ0n) is 17.4. The molecule has 2 amide bonds. The summed E-state index contributed by atoms with van der Waals surface area (Å²) in [5.41, 5.74) is 7.22. The molecule has 1 aliphatic rings. The summed E-state index contributed by atoms with van der Waals surface area (Å²) in [5, 5.41) is 5.78. The molecule has 4 N–H and O–H groups in total. The van der Waals surface area contributed by atoms with Gasteiger partial charge in [0.15, 0.2) is 0 Å². The lowest BCUT2D eigenvalue weighted by Gasteiger charge is -2.27. The highest BCUT2D eigenvalue weighted by Crippen LogP contribution is 2.25. The average molecular weight is 447 g/mol. The third kappa shape index (κ3) is 5.40. The van der Waals surface area contributed by atoms with E-state index in [0.717, 1.165) is 0 Å². The molecule has 9 nitrogen and oxygen atoms in total. The molecule has 2 aromatic rings. The Kier molecular flexibility index (Phi) is 6.94. The quantitative estimate of drug-likeness (QED) is 0.592. The van der Waals surface area contributed by atoms with Crippen LogP contribution in [0, 0.1) is 6.92 Å². The lowest BCUT2D eigenvalue weighted by molar-refractivity contribution is -0.116. The lowest BCUT2D eigenvalue weighted by atomic mass is 10.2. The van der Waals surface area contributed by atoms with Crippen molar-refractivity contribution in [3.8, 4) is 0 Å². The van der Waals surface area contributed by atoms with Gasteiger partial charge in [0, 0.05) is 30.0 Å². The molecule has 0 bridgehead atoms. The van der Waals surface area contributed by atoms with E-state index in [-0.39, 0.29) is 10.8 Å². The number of carbonyl (C=O) groups is 2. The Labute approximate surface area is 181 Å². The van der Waals surface area contributed by atoms with Crippen LogP contribution in [0.25, 0.3) is 0 Å². The van der Waals surface area contributed by atoms with Gasteiger partial charge in [0.05, 0.1) is 18.1 Å². The number of nitrogens with zero attached hydrogens (tertiary/aromatic N) is 1. The van der Waals surface area contributed by atoms with Gasteiger partial charge in [-0.25, -0.2) is 8.42 Å². The van der Waals surface area contributed by atoms with Crippen LogP contribution >= 0.6 is 0 Å². The van der Waals surface area contributed by atoms with Crippen LogP contribution in [0.1, 0.15) is 22.8 Å². The topological polar surface area (TPSA) is 131 Å². The minimum Gasteiger partial charge on any atom is -0.379 e. The van der Waals surface area contributed by atoms with E-state index in [4.69, 9.17) is 10.5 Å². The molecule has 0 unspecified atom stereocenters. The highest BCUT2D eigenvalue weighted by Gasteiger charge is 2.28. The third-order valence-corrected chi connectivity index (χ3v) is 7.03. The number of rotatable bonds is 7. The van der Waals surface area contributed by atoms with Crippen molar-refractivity contribution in [2.75, 3.05) is 36.9 Å². The Morgan fingerprint density at radius 2 is 1.68 bits per heavy atom. The average Bonchev–Trinajstić information content (AvgIpc) is 2.76. The van der Waals surface area contributed by atoms with Crippen molar-refractivity contribution in [1.82, 2.24) is 4.31 Å². The van der Waals surface area contributed by atoms with Crippen molar-refractivity contribution < 1.29 is 22.7 Å². The number of hydrogen-bond donors (Lipinski definition) is 3. The monoisotopic (exact) mass is 446 g/mol.